The second-order valence-corrected chi connectivity index (χ2v) is 6.83. The third-order valence-electron chi connectivity index (χ3n) is 4.94. The molecule has 19 heavy (non-hydrogen) atoms. The molecule has 5 heteroatoms. The van der Waals surface area contributed by atoms with Gasteiger partial charge in [-0.25, -0.2) is 0 Å². The molecule has 1 saturated carbocycles. The average molecular weight is 324 g/mol. The van der Waals surface area contributed by atoms with E-state index in [1.165, 1.54) is 4.90 Å². The summed E-state index contributed by atoms with van der Waals surface area (Å²) >= 11 is 3.52. The Morgan fingerprint density at radius 3 is 2.79 bits per heavy atom. The summed E-state index contributed by atoms with van der Waals surface area (Å²) in [6.45, 7) is 2.10. The fraction of sp³-hybridized carbons (Fsp3) is 0.571. The van der Waals surface area contributed by atoms with Crippen molar-refractivity contribution in [3.05, 3.63) is 22.7 Å². The largest absolute Gasteiger partial charge is 0.349 e. The Kier molecular flexibility index (Phi) is 2.68. The summed E-state index contributed by atoms with van der Waals surface area (Å²) < 4.78 is 1.06. The highest BCUT2D eigenvalue weighted by Gasteiger charge is 2.67. The van der Waals surface area contributed by atoms with Crippen molar-refractivity contribution in [2.24, 2.45) is 11.3 Å². The highest BCUT2D eigenvalue weighted by molar-refractivity contribution is 9.11. The lowest BCUT2D eigenvalue weighted by atomic mass is 9.68. The molecule has 2 atom stereocenters. The zero-order valence-electron chi connectivity index (χ0n) is 11.2. The van der Waals surface area contributed by atoms with E-state index >= 15 is 0 Å². The number of rotatable bonds is 1. The van der Waals surface area contributed by atoms with Crippen LogP contribution in [-0.4, -0.2) is 29.4 Å². The van der Waals surface area contributed by atoms with E-state index in [4.69, 9.17) is 5.41 Å². The fourth-order valence-electron chi connectivity index (χ4n) is 3.45. The minimum Gasteiger partial charge on any atom is -0.349 e. The molecule has 0 bridgehead atoms. The quantitative estimate of drug-likeness (QED) is 0.778. The number of nitrogens with one attached hydrogen (secondary N) is 2. The molecule has 102 valence electrons. The van der Waals surface area contributed by atoms with Crippen molar-refractivity contribution in [3.63, 3.8) is 0 Å². The zero-order valence-corrected chi connectivity index (χ0v) is 12.8. The number of carbonyl (C=O) groups excluding carboxylic acids is 1. The predicted molar refractivity (Wildman–Crippen MR) is 78.0 cm³/mol. The minimum absolute atomic E-state index is 0.0952. The number of halogens is 1. The van der Waals surface area contributed by atoms with Gasteiger partial charge in [0.15, 0.2) is 5.96 Å². The molecule has 1 spiro atoms. The molecule has 0 radical (unpaired) electrons. The van der Waals surface area contributed by atoms with Gasteiger partial charge in [-0.3, -0.25) is 15.1 Å². The van der Waals surface area contributed by atoms with Crippen molar-refractivity contribution in [3.8, 4) is 0 Å². The molecule has 2 fully saturated rings. The number of allylic oxidation sites excluding steroid dienone is 3. The van der Waals surface area contributed by atoms with Crippen molar-refractivity contribution in [1.82, 2.24) is 10.2 Å². The van der Waals surface area contributed by atoms with Gasteiger partial charge in [0.05, 0.1) is 11.0 Å². The van der Waals surface area contributed by atoms with Crippen LogP contribution < -0.4 is 5.32 Å². The van der Waals surface area contributed by atoms with Crippen LogP contribution >= 0.6 is 15.9 Å². The molecule has 2 N–H and O–H groups in total. The minimum atomic E-state index is -0.364. The van der Waals surface area contributed by atoms with E-state index in [0.717, 1.165) is 23.7 Å². The first-order chi connectivity index (χ1) is 8.91. The Bertz CT molecular complexity index is 521. The Morgan fingerprint density at radius 1 is 1.53 bits per heavy atom. The van der Waals surface area contributed by atoms with Crippen LogP contribution in [0.1, 0.15) is 26.2 Å². The van der Waals surface area contributed by atoms with Crippen LogP contribution in [-0.2, 0) is 4.79 Å². The first-order valence-corrected chi connectivity index (χ1v) is 7.39. The summed E-state index contributed by atoms with van der Waals surface area (Å²) in [4.78, 5) is 14.0. The second-order valence-electron chi connectivity index (χ2n) is 5.92. The fourth-order valence-corrected chi connectivity index (χ4v) is 3.95. The van der Waals surface area contributed by atoms with Crippen LogP contribution in [0.15, 0.2) is 22.7 Å². The summed E-state index contributed by atoms with van der Waals surface area (Å²) in [5.74, 6) is 0.536. The second kappa shape index (κ2) is 3.95. The zero-order chi connectivity index (χ0) is 13.8. The molecule has 0 aromatic heterocycles. The van der Waals surface area contributed by atoms with Crippen molar-refractivity contribution < 1.29 is 4.79 Å². The molecule has 2 aliphatic carbocycles. The van der Waals surface area contributed by atoms with E-state index < -0.39 is 0 Å². The molecule has 1 saturated heterocycles. The summed E-state index contributed by atoms with van der Waals surface area (Å²) in [6.07, 6.45) is 9.08. The van der Waals surface area contributed by atoms with E-state index in [2.05, 4.69) is 40.3 Å². The summed E-state index contributed by atoms with van der Waals surface area (Å²) in [7, 11) is 1.68. The van der Waals surface area contributed by atoms with Gasteiger partial charge < -0.3 is 5.32 Å². The highest BCUT2D eigenvalue weighted by atomic mass is 79.9. The molecule has 1 amide bonds. The predicted octanol–water partition coefficient (Wildman–Crippen LogP) is 2.38. The lowest BCUT2D eigenvalue weighted by Gasteiger charge is -2.50. The Balaban J connectivity index is 2.01. The Morgan fingerprint density at radius 2 is 2.21 bits per heavy atom. The highest BCUT2D eigenvalue weighted by Crippen LogP contribution is 2.60. The lowest BCUT2D eigenvalue weighted by molar-refractivity contribution is -0.138. The summed E-state index contributed by atoms with van der Waals surface area (Å²) in [5.41, 5.74) is -0.691. The maximum atomic E-state index is 12.6. The first kappa shape index (κ1) is 12.9. The number of guanidine groups is 1. The molecular formula is C14H18BrN3O. The number of carbonyl (C=O) groups is 1. The number of amides is 1. The van der Waals surface area contributed by atoms with Gasteiger partial charge in [-0.15, -0.1) is 0 Å². The van der Waals surface area contributed by atoms with Crippen LogP contribution in [0.25, 0.3) is 0 Å². The third-order valence-corrected chi connectivity index (χ3v) is 5.47. The number of hydrogen-bond acceptors (Lipinski definition) is 2. The standard InChI is InChI=1S/C14H18BrN3O/c1-13(9-4-3-5-10(15)8-9)14(6-7-14)11(19)18(2)12(16)17-13/h3,5,8-9H,4,6-7H2,1-2H3,(H2,16,17)/t9?,13-/m1/s1. The van der Waals surface area contributed by atoms with Crippen molar-refractivity contribution in [1.29, 1.82) is 5.41 Å². The van der Waals surface area contributed by atoms with Gasteiger partial charge >= 0.3 is 0 Å². The van der Waals surface area contributed by atoms with Crippen molar-refractivity contribution in [2.75, 3.05) is 7.05 Å². The molecule has 1 heterocycles. The van der Waals surface area contributed by atoms with Gasteiger partial charge in [0.2, 0.25) is 5.91 Å². The van der Waals surface area contributed by atoms with Crippen LogP contribution in [0.4, 0.5) is 0 Å². The van der Waals surface area contributed by atoms with Gasteiger partial charge in [0.25, 0.3) is 0 Å². The first-order valence-electron chi connectivity index (χ1n) is 6.59. The average Bonchev–Trinajstić information content (AvgIpc) is 3.17. The van der Waals surface area contributed by atoms with Crippen molar-refractivity contribution in [2.45, 2.75) is 31.7 Å². The van der Waals surface area contributed by atoms with E-state index in [1.807, 2.05) is 6.08 Å². The molecule has 4 nitrogen and oxygen atoms in total. The van der Waals surface area contributed by atoms with E-state index in [1.54, 1.807) is 7.05 Å². The normalized spacial score (nSPS) is 36.3. The monoisotopic (exact) mass is 323 g/mol. The van der Waals surface area contributed by atoms with Crippen LogP contribution in [0, 0.1) is 16.7 Å². The molecule has 3 rings (SSSR count). The molecule has 0 aromatic rings. The summed E-state index contributed by atoms with van der Waals surface area (Å²) in [5, 5.41) is 11.3. The molecule has 1 aliphatic heterocycles. The molecular weight excluding hydrogens is 306 g/mol. The van der Waals surface area contributed by atoms with Crippen LogP contribution in [0.3, 0.4) is 0 Å². The van der Waals surface area contributed by atoms with Gasteiger partial charge in [0.1, 0.15) is 0 Å². The third kappa shape index (κ3) is 1.64. The Labute approximate surface area is 121 Å². The maximum absolute atomic E-state index is 12.6. The molecule has 3 aliphatic rings. The van der Waals surface area contributed by atoms with Gasteiger partial charge in [0, 0.05) is 17.4 Å². The van der Waals surface area contributed by atoms with Gasteiger partial charge in [-0.2, -0.15) is 0 Å². The SMILES string of the molecule is CN1C(=N)N[C@](C)(C2C=C(Br)C=CC2)C2(CC2)C1=O. The Hall–Kier alpha value is -1.10. The van der Waals surface area contributed by atoms with Crippen molar-refractivity contribution >= 4 is 27.8 Å². The van der Waals surface area contributed by atoms with Gasteiger partial charge in [-0.1, -0.05) is 34.2 Å². The van der Waals surface area contributed by atoms with E-state index in [9.17, 15) is 4.79 Å². The lowest BCUT2D eigenvalue weighted by Crippen LogP contribution is -2.69. The topological polar surface area (TPSA) is 56.2 Å². The number of nitrogens with zero attached hydrogens (tertiary/aromatic N) is 1. The number of hydrogen-bond donors (Lipinski definition) is 2. The van der Waals surface area contributed by atoms with Gasteiger partial charge in [-0.05, 0) is 26.2 Å². The van der Waals surface area contributed by atoms with Crippen LogP contribution in [0.5, 0.6) is 0 Å². The summed E-state index contributed by atoms with van der Waals surface area (Å²) in [6, 6.07) is 0. The van der Waals surface area contributed by atoms with Crippen LogP contribution in [0.2, 0.25) is 0 Å². The van der Waals surface area contributed by atoms with E-state index in [-0.39, 0.29) is 28.7 Å². The van der Waals surface area contributed by atoms with E-state index in [0.29, 0.717) is 0 Å². The molecule has 0 aromatic carbocycles. The smallest absolute Gasteiger partial charge is 0.237 e. The molecule has 1 unspecified atom stereocenters. The maximum Gasteiger partial charge on any atom is 0.237 e.